The van der Waals surface area contributed by atoms with Crippen molar-refractivity contribution in [3.63, 3.8) is 0 Å². The highest BCUT2D eigenvalue weighted by molar-refractivity contribution is 5.67. The number of carbonyl (C=O) groups is 1. The van der Waals surface area contributed by atoms with E-state index >= 15 is 0 Å². The summed E-state index contributed by atoms with van der Waals surface area (Å²) in [6, 6.07) is 0. The van der Waals surface area contributed by atoms with Crippen molar-refractivity contribution in [1.29, 1.82) is 0 Å². The highest BCUT2D eigenvalue weighted by Crippen LogP contribution is 2.20. The zero-order valence-electron chi connectivity index (χ0n) is 9.16. The molecule has 1 fully saturated rings. The summed E-state index contributed by atoms with van der Waals surface area (Å²) in [6.45, 7) is -1.33. The van der Waals surface area contributed by atoms with E-state index in [1.54, 1.807) is 0 Å². The fourth-order valence-corrected chi connectivity index (χ4v) is 1.15. The molecule has 0 aromatic carbocycles. The van der Waals surface area contributed by atoms with Crippen LogP contribution in [0, 0.1) is 0 Å². The molecule has 0 spiro atoms. The third-order valence-corrected chi connectivity index (χ3v) is 2.09. The average molecular weight is 272 g/mol. The second-order valence-electron chi connectivity index (χ2n) is 3.35. The Morgan fingerprint density at radius 3 is 1.94 bits per heavy atom. The number of hydrogen-bond acceptors (Lipinski definition) is 9. The van der Waals surface area contributed by atoms with Gasteiger partial charge in [-0.1, -0.05) is 0 Å². The van der Waals surface area contributed by atoms with E-state index in [4.69, 9.17) is 40.3 Å². The number of ether oxygens (including phenoxy) is 1. The predicted molar refractivity (Wildman–Crippen MR) is 52.2 cm³/mol. The maximum atomic E-state index is 9.19. The number of rotatable bonds is 3. The summed E-state index contributed by atoms with van der Waals surface area (Å²) in [6.07, 6.45) is -7.04. The second kappa shape index (κ2) is 8.29. The van der Waals surface area contributed by atoms with Gasteiger partial charge in [0.15, 0.2) is 0 Å². The lowest BCUT2D eigenvalue weighted by molar-refractivity contribution is -0.404. The highest BCUT2D eigenvalue weighted by atomic mass is 17.1. The summed E-state index contributed by atoms with van der Waals surface area (Å²) < 4.78 is 4.70. The molecule has 0 amide bonds. The minimum absolute atomic E-state index is 0.551. The quantitative estimate of drug-likeness (QED) is 0.200. The van der Waals surface area contributed by atoms with E-state index in [1.807, 2.05) is 0 Å². The van der Waals surface area contributed by atoms with Gasteiger partial charge in [-0.05, 0) is 0 Å². The summed E-state index contributed by atoms with van der Waals surface area (Å²) in [5.74, 6) is -1.19. The van der Waals surface area contributed by atoms with Crippen LogP contribution in [0.25, 0.3) is 0 Å². The van der Waals surface area contributed by atoms with Crippen molar-refractivity contribution in [3.8, 4) is 0 Å². The van der Waals surface area contributed by atoms with Gasteiger partial charge in [-0.3, -0.25) is 0 Å². The van der Waals surface area contributed by atoms with Crippen LogP contribution in [0.3, 0.4) is 0 Å². The molecule has 0 aromatic rings. The van der Waals surface area contributed by atoms with Crippen LogP contribution in [0.1, 0.15) is 0 Å². The smallest absolute Gasteiger partial charge is 0.329 e. The van der Waals surface area contributed by atoms with Gasteiger partial charge in [0.2, 0.25) is 6.29 Å². The zero-order valence-corrected chi connectivity index (χ0v) is 9.16. The van der Waals surface area contributed by atoms with Crippen molar-refractivity contribution in [2.45, 2.75) is 30.7 Å². The lowest BCUT2D eigenvalue weighted by atomic mass is 9.99. The summed E-state index contributed by atoms with van der Waals surface area (Å²) in [4.78, 5) is 12.8. The van der Waals surface area contributed by atoms with Gasteiger partial charge >= 0.3 is 5.97 Å². The van der Waals surface area contributed by atoms with Crippen LogP contribution in [0.4, 0.5) is 0 Å². The molecule has 0 radical (unpaired) electrons. The molecule has 0 aromatic heterocycles. The molecule has 1 aliphatic rings. The summed E-state index contributed by atoms with van der Waals surface area (Å²) in [5, 5.41) is 59.4. The Balaban J connectivity index is 0.000000494. The molecular formula is C8H16O10. The van der Waals surface area contributed by atoms with Crippen molar-refractivity contribution in [3.05, 3.63) is 0 Å². The zero-order chi connectivity index (χ0) is 14.3. The first kappa shape index (κ1) is 17.2. The minimum Gasteiger partial charge on any atom is -0.480 e. The first-order valence-corrected chi connectivity index (χ1v) is 4.82. The topological polar surface area (TPSA) is 177 Å². The molecule has 1 aliphatic heterocycles. The summed E-state index contributed by atoms with van der Waals surface area (Å²) in [7, 11) is 0. The Kier molecular flexibility index (Phi) is 7.90. The van der Waals surface area contributed by atoms with Crippen LogP contribution < -0.4 is 0 Å². The molecule has 1 saturated heterocycles. The largest absolute Gasteiger partial charge is 0.480 e. The van der Waals surface area contributed by atoms with E-state index < -0.39 is 49.9 Å². The summed E-state index contributed by atoms with van der Waals surface area (Å²) >= 11 is 0. The monoisotopic (exact) mass is 272 g/mol. The van der Waals surface area contributed by atoms with Crippen molar-refractivity contribution in [1.82, 2.24) is 0 Å². The Labute approximate surface area is 101 Å². The van der Waals surface area contributed by atoms with E-state index in [-0.39, 0.29) is 0 Å². The third-order valence-electron chi connectivity index (χ3n) is 2.09. The number of aliphatic hydroxyl groups is 5. The molecule has 108 valence electrons. The third kappa shape index (κ3) is 4.80. The molecule has 2 unspecified atom stereocenters. The van der Waals surface area contributed by atoms with Gasteiger partial charge < -0.3 is 35.4 Å². The molecule has 0 aliphatic carbocycles. The van der Waals surface area contributed by atoms with Crippen LogP contribution in [-0.4, -0.2) is 85.8 Å². The Morgan fingerprint density at radius 2 is 1.61 bits per heavy atom. The minimum atomic E-state index is -1.55. The number of hydrogen-bond donors (Lipinski definition) is 7. The second-order valence-corrected chi connectivity index (χ2v) is 3.35. The van der Waals surface area contributed by atoms with E-state index in [9.17, 15) is 5.11 Å². The molecule has 7 N–H and O–H groups in total. The van der Waals surface area contributed by atoms with Gasteiger partial charge in [-0.15, -0.1) is 0 Å². The van der Waals surface area contributed by atoms with Crippen LogP contribution in [-0.2, 0) is 14.4 Å². The Morgan fingerprint density at radius 1 is 1.11 bits per heavy atom. The van der Waals surface area contributed by atoms with Gasteiger partial charge in [-0.2, -0.15) is 0 Å². The van der Waals surface area contributed by atoms with Gasteiger partial charge in [0, 0.05) is 0 Å². The van der Waals surface area contributed by atoms with Crippen LogP contribution in [0.5, 0.6) is 0 Å². The number of carboxylic acids is 1. The Bertz CT molecular complexity index is 226. The van der Waals surface area contributed by atoms with E-state index in [2.05, 4.69) is 4.89 Å². The van der Waals surface area contributed by atoms with E-state index in [1.165, 1.54) is 0 Å². The standard InChI is InChI=1S/C6H12O7.C2H4O3/c7-1-2-3(8)4(9)5(10)6(12-2)13-11;3-1-2(4)5/h2-11H,1H2;3H,1H2,(H,4,5)/t2?,3-,4+,5?,6+;/m1./s1. The molecule has 18 heavy (non-hydrogen) atoms. The van der Waals surface area contributed by atoms with Gasteiger partial charge in [0.25, 0.3) is 0 Å². The SMILES string of the molecule is O=C(O)CO.OCC1O[C@@H](OO)C(O)[C@@H](O)[C@@H]1O. The fraction of sp³-hybridized carbons (Fsp3) is 0.875. The van der Waals surface area contributed by atoms with Crippen LogP contribution >= 0.6 is 0 Å². The Hall–Kier alpha value is -0.850. The fourth-order valence-electron chi connectivity index (χ4n) is 1.15. The van der Waals surface area contributed by atoms with Crippen LogP contribution in [0.15, 0.2) is 0 Å². The highest BCUT2D eigenvalue weighted by Gasteiger charge is 2.44. The molecular weight excluding hydrogens is 256 g/mol. The maximum absolute atomic E-state index is 9.19. The van der Waals surface area contributed by atoms with Crippen molar-refractivity contribution in [2.24, 2.45) is 0 Å². The molecule has 10 nitrogen and oxygen atoms in total. The maximum Gasteiger partial charge on any atom is 0.329 e. The number of aliphatic carboxylic acids is 1. The molecule has 0 bridgehead atoms. The molecule has 1 rings (SSSR count). The molecule has 0 saturated carbocycles. The number of carboxylic acid groups (broad SMARTS) is 1. The summed E-state index contributed by atoms with van der Waals surface area (Å²) in [5.41, 5.74) is 0. The van der Waals surface area contributed by atoms with Crippen molar-refractivity contribution >= 4 is 5.97 Å². The molecule has 10 heteroatoms. The first-order valence-electron chi connectivity index (χ1n) is 4.82. The molecule has 5 atom stereocenters. The first-order chi connectivity index (χ1) is 8.38. The lowest BCUT2D eigenvalue weighted by Gasteiger charge is -2.37. The predicted octanol–water partition coefficient (Wildman–Crippen LogP) is -3.66. The van der Waals surface area contributed by atoms with E-state index in [0.717, 1.165) is 0 Å². The average Bonchev–Trinajstić information content (AvgIpc) is 2.37. The normalized spacial score (nSPS) is 35.6. The van der Waals surface area contributed by atoms with Gasteiger partial charge in [0.1, 0.15) is 31.0 Å². The van der Waals surface area contributed by atoms with Crippen LogP contribution in [0.2, 0.25) is 0 Å². The van der Waals surface area contributed by atoms with Crippen molar-refractivity contribution < 1.29 is 50.3 Å². The van der Waals surface area contributed by atoms with Crippen molar-refractivity contribution in [2.75, 3.05) is 13.2 Å². The lowest BCUT2D eigenvalue weighted by Crippen LogP contribution is -2.58. The molecule has 1 heterocycles. The van der Waals surface area contributed by atoms with Gasteiger partial charge in [-0.25, -0.2) is 14.9 Å². The number of aliphatic hydroxyl groups excluding tert-OH is 5. The van der Waals surface area contributed by atoms with Gasteiger partial charge in [0.05, 0.1) is 6.61 Å². The van der Waals surface area contributed by atoms with E-state index in [0.29, 0.717) is 0 Å².